The van der Waals surface area contributed by atoms with Crippen molar-refractivity contribution in [3.05, 3.63) is 29.8 Å². The molecule has 3 nitrogen and oxygen atoms in total. The molecule has 1 aromatic carbocycles. The van der Waals surface area contributed by atoms with E-state index in [1.54, 1.807) is 0 Å². The topological polar surface area (TPSA) is 35.5 Å². The molecule has 0 radical (unpaired) electrons. The Morgan fingerprint density at radius 3 is 3.00 bits per heavy atom. The fourth-order valence-electron chi connectivity index (χ4n) is 2.84. The van der Waals surface area contributed by atoms with Crippen molar-refractivity contribution in [3.8, 4) is 0 Å². The van der Waals surface area contributed by atoms with E-state index in [1.165, 1.54) is 11.3 Å². The Kier molecular flexibility index (Phi) is 1.97. The van der Waals surface area contributed by atoms with Gasteiger partial charge in [-0.15, -0.1) is 0 Å². The average molecular weight is 204 g/mol. The van der Waals surface area contributed by atoms with Gasteiger partial charge in [0.2, 0.25) is 0 Å². The summed E-state index contributed by atoms with van der Waals surface area (Å²) in [4.78, 5) is 2.20. The molecule has 1 saturated heterocycles. The molecule has 1 aromatic rings. The number of likely N-dealkylation sites (N-methyl/N-ethyl adjacent to an activating group) is 1. The van der Waals surface area contributed by atoms with Crippen LogP contribution in [-0.4, -0.2) is 42.3 Å². The maximum Gasteiger partial charge on any atom is 0.0874 e. The van der Waals surface area contributed by atoms with Gasteiger partial charge in [0.1, 0.15) is 0 Å². The van der Waals surface area contributed by atoms with Crippen molar-refractivity contribution in [2.24, 2.45) is 0 Å². The highest BCUT2D eigenvalue weighted by Gasteiger charge is 2.40. The fraction of sp³-hybridized carbons (Fsp3) is 0.500. The number of nitrogens with zero attached hydrogens (tertiary/aromatic N) is 1. The third-order valence-corrected chi connectivity index (χ3v) is 3.54. The molecule has 3 rings (SSSR count). The van der Waals surface area contributed by atoms with E-state index in [2.05, 4.69) is 35.5 Å². The summed E-state index contributed by atoms with van der Waals surface area (Å²) >= 11 is 0. The van der Waals surface area contributed by atoms with E-state index in [4.69, 9.17) is 0 Å². The predicted molar refractivity (Wildman–Crippen MR) is 60.1 cm³/mol. The molecule has 3 heteroatoms. The van der Waals surface area contributed by atoms with Crippen molar-refractivity contribution < 1.29 is 5.11 Å². The van der Waals surface area contributed by atoms with Crippen LogP contribution in [0.3, 0.4) is 0 Å². The number of β-amino-alcohol motifs (C(OH)–C–C–N with tert-alkyl or cyclic N) is 1. The van der Waals surface area contributed by atoms with Crippen molar-refractivity contribution in [1.29, 1.82) is 0 Å². The predicted octanol–water partition coefficient (Wildman–Crippen LogP) is 0.871. The first-order valence-electron chi connectivity index (χ1n) is 5.48. The van der Waals surface area contributed by atoms with Crippen LogP contribution in [0.15, 0.2) is 24.3 Å². The smallest absolute Gasteiger partial charge is 0.0874 e. The van der Waals surface area contributed by atoms with Crippen molar-refractivity contribution in [1.82, 2.24) is 4.90 Å². The van der Waals surface area contributed by atoms with Gasteiger partial charge in [-0.3, -0.25) is 0 Å². The Morgan fingerprint density at radius 1 is 1.33 bits per heavy atom. The van der Waals surface area contributed by atoms with Gasteiger partial charge >= 0.3 is 0 Å². The van der Waals surface area contributed by atoms with E-state index in [0.717, 1.165) is 13.1 Å². The minimum absolute atomic E-state index is 0.207. The Balaban J connectivity index is 1.98. The number of aliphatic hydroxyl groups excluding tert-OH is 1. The van der Waals surface area contributed by atoms with E-state index < -0.39 is 0 Å². The summed E-state index contributed by atoms with van der Waals surface area (Å²) in [5, 5.41) is 13.4. The molecule has 0 spiro atoms. The Labute approximate surface area is 89.7 Å². The fourth-order valence-corrected chi connectivity index (χ4v) is 2.84. The second kappa shape index (κ2) is 3.22. The molecular formula is C12H16N2O. The molecule has 2 N–H and O–H groups in total. The highest BCUT2D eigenvalue weighted by Crippen LogP contribution is 2.39. The number of benzene rings is 1. The van der Waals surface area contributed by atoms with E-state index in [-0.39, 0.29) is 12.1 Å². The van der Waals surface area contributed by atoms with Gasteiger partial charge in [-0.05, 0) is 18.7 Å². The lowest BCUT2D eigenvalue weighted by molar-refractivity contribution is 0.0641. The van der Waals surface area contributed by atoms with Crippen molar-refractivity contribution >= 4 is 5.69 Å². The number of fused-ring (bicyclic) bond motifs is 3. The molecular weight excluding hydrogens is 188 g/mol. The monoisotopic (exact) mass is 204 g/mol. The van der Waals surface area contributed by atoms with Gasteiger partial charge in [-0.1, -0.05) is 18.2 Å². The maximum atomic E-state index is 10.0. The number of piperidine rings is 1. The number of hydrogen-bond acceptors (Lipinski definition) is 3. The second-order valence-corrected chi connectivity index (χ2v) is 4.65. The number of rotatable bonds is 0. The third kappa shape index (κ3) is 1.34. The molecule has 15 heavy (non-hydrogen) atoms. The molecule has 2 aliphatic heterocycles. The van der Waals surface area contributed by atoms with Gasteiger partial charge in [0.15, 0.2) is 0 Å². The molecule has 3 atom stereocenters. The van der Waals surface area contributed by atoms with Gasteiger partial charge in [-0.25, -0.2) is 0 Å². The normalized spacial score (nSPS) is 34.4. The highest BCUT2D eigenvalue weighted by atomic mass is 16.3. The SMILES string of the molecule is CN1C[C@@H](O)[C@H]2Nc3ccccc3[C@@H]2C1. The minimum atomic E-state index is -0.263. The number of para-hydroxylation sites is 1. The first-order valence-corrected chi connectivity index (χ1v) is 5.48. The van der Waals surface area contributed by atoms with Gasteiger partial charge < -0.3 is 15.3 Å². The zero-order valence-electron chi connectivity index (χ0n) is 8.85. The highest BCUT2D eigenvalue weighted by molar-refractivity contribution is 5.60. The number of hydrogen-bond donors (Lipinski definition) is 2. The summed E-state index contributed by atoms with van der Waals surface area (Å²) in [6.45, 7) is 1.80. The first-order chi connectivity index (χ1) is 7.25. The van der Waals surface area contributed by atoms with Crippen LogP contribution in [0.1, 0.15) is 11.5 Å². The van der Waals surface area contributed by atoms with Crippen LogP contribution < -0.4 is 5.32 Å². The van der Waals surface area contributed by atoms with Crippen molar-refractivity contribution in [2.75, 3.05) is 25.5 Å². The second-order valence-electron chi connectivity index (χ2n) is 4.65. The summed E-state index contributed by atoms with van der Waals surface area (Å²) in [6, 6.07) is 8.58. The lowest BCUT2D eigenvalue weighted by Gasteiger charge is -2.36. The maximum absolute atomic E-state index is 10.0. The standard InChI is InChI=1S/C12H16N2O/c1-14-6-9-8-4-2-3-5-10(8)13-12(9)11(15)7-14/h2-5,9,11-13,15H,6-7H2,1H3/t9-,11+,12-/m0/s1. The Bertz CT molecular complexity index is 380. The minimum Gasteiger partial charge on any atom is -0.390 e. The van der Waals surface area contributed by atoms with E-state index in [9.17, 15) is 5.11 Å². The van der Waals surface area contributed by atoms with Crippen LogP contribution >= 0.6 is 0 Å². The molecule has 2 aliphatic rings. The molecule has 0 aromatic heterocycles. The molecule has 0 saturated carbocycles. The summed E-state index contributed by atoms with van der Waals surface area (Å²) in [6.07, 6.45) is -0.263. The number of nitrogens with one attached hydrogen (secondary N) is 1. The molecule has 0 amide bonds. The number of aliphatic hydroxyl groups is 1. The molecule has 1 fully saturated rings. The lowest BCUT2D eigenvalue weighted by atomic mass is 9.88. The van der Waals surface area contributed by atoms with Crippen LogP contribution in [0.25, 0.3) is 0 Å². The summed E-state index contributed by atoms with van der Waals surface area (Å²) in [7, 11) is 2.07. The van der Waals surface area contributed by atoms with Crippen LogP contribution in [0.2, 0.25) is 0 Å². The van der Waals surface area contributed by atoms with Gasteiger partial charge in [0, 0.05) is 24.7 Å². The average Bonchev–Trinajstić information content (AvgIpc) is 2.57. The van der Waals surface area contributed by atoms with Crippen molar-refractivity contribution in [2.45, 2.75) is 18.1 Å². The van der Waals surface area contributed by atoms with E-state index in [1.807, 2.05) is 6.07 Å². The largest absolute Gasteiger partial charge is 0.390 e. The summed E-state index contributed by atoms with van der Waals surface area (Å²) in [5.74, 6) is 0.440. The third-order valence-electron chi connectivity index (χ3n) is 3.54. The number of likely N-dealkylation sites (tertiary alicyclic amines) is 1. The molecule has 0 unspecified atom stereocenters. The van der Waals surface area contributed by atoms with Gasteiger partial charge in [0.05, 0.1) is 12.1 Å². The zero-order chi connectivity index (χ0) is 10.4. The Morgan fingerprint density at radius 2 is 2.13 bits per heavy atom. The van der Waals surface area contributed by atoms with Crippen LogP contribution in [0.4, 0.5) is 5.69 Å². The number of anilines is 1. The zero-order valence-corrected chi connectivity index (χ0v) is 8.85. The van der Waals surface area contributed by atoms with Gasteiger partial charge in [0.25, 0.3) is 0 Å². The summed E-state index contributed by atoms with van der Waals surface area (Å²) in [5.41, 5.74) is 2.55. The summed E-state index contributed by atoms with van der Waals surface area (Å²) < 4.78 is 0. The van der Waals surface area contributed by atoms with Crippen molar-refractivity contribution in [3.63, 3.8) is 0 Å². The van der Waals surface area contributed by atoms with Crippen LogP contribution in [0.5, 0.6) is 0 Å². The Hall–Kier alpha value is -1.06. The quantitative estimate of drug-likeness (QED) is 0.658. The molecule has 0 aliphatic carbocycles. The van der Waals surface area contributed by atoms with Crippen LogP contribution in [-0.2, 0) is 0 Å². The molecule has 2 heterocycles. The van der Waals surface area contributed by atoms with E-state index >= 15 is 0 Å². The molecule has 0 bridgehead atoms. The first kappa shape index (κ1) is 9.19. The lowest BCUT2D eigenvalue weighted by Crippen LogP contribution is -2.50. The van der Waals surface area contributed by atoms with Gasteiger partial charge in [-0.2, -0.15) is 0 Å². The van der Waals surface area contributed by atoms with Crippen LogP contribution in [0, 0.1) is 0 Å². The molecule has 80 valence electrons. The van der Waals surface area contributed by atoms with E-state index in [0.29, 0.717) is 5.92 Å².